The van der Waals surface area contributed by atoms with Gasteiger partial charge < -0.3 is 10.5 Å². The Bertz CT molecular complexity index is 436. The lowest BCUT2D eigenvalue weighted by Crippen LogP contribution is -2.10. The summed E-state index contributed by atoms with van der Waals surface area (Å²) in [5.74, 6) is 0.633. The number of H-pyrrole nitrogens is 1. The summed E-state index contributed by atoms with van der Waals surface area (Å²) in [6, 6.07) is 6.01. The van der Waals surface area contributed by atoms with Gasteiger partial charge in [0.1, 0.15) is 6.61 Å². The Balaban J connectivity index is 2.42. The van der Waals surface area contributed by atoms with E-state index in [9.17, 15) is 0 Å². The lowest BCUT2D eigenvalue weighted by Gasteiger charge is -1.99. The van der Waals surface area contributed by atoms with Crippen molar-refractivity contribution in [3.05, 3.63) is 23.8 Å². The second-order valence-electron chi connectivity index (χ2n) is 3.16. The monoisotopic (exact) mass is 191 g/mol. The van der Waals surface area contributed by atoms with Crippen LogP contribution in [0.3, 0.4) is 0 Å². The Hall–Kier alpha value is -1.55. The minimum absolute atomic E-state index is 0.494. The molecule has 0 spiro atoms. The minimum Gasteiger partial charge on any atom is -0.475 e. The van der Waals surface area contributed by atoms with Crippen molar-refractivity contribution < 1.29 is 4.74 Å². The summed E-state index contributed by atoms with van der Waals surface area (Å²) in [6.07, 6.45) is 0. The van der Waals surface area contributed by atoms with Crippen LogP contribution in [0.25, 0.3) is 10.9 Å². The third-order valence-corrected chi connectivity index (χ3v) is 2.13. The molecule has 0 unspecified atom stereocenters. The molecule has 3 N–H and O–H groups in total. The van der Waals surface area contributed by atoms with Crippen LogP contribution in [-0.4, -0.2) is 23.3 Å². The second-order valence-corrected chi connectivity index (χ2v) is 3.16. The van der Waals surface area contributed by atoms with Crippen LogP contribution in [0.2, 0.25) is 0 Å². The fraction of sp³-hybridized carbons (Fsp3) is 0.300. The van der Waals surface area contributed by atoms with Crippen LogP contribution >= 0.6 is 0 Å². The van der Waals surface area contributed by atoms with Crippen molar-refractivity contribution in [3.63, 3.8) is 0 Å². The lowest BCUT2D eigenvalue weighted by molar-refractivity contribution is 0.318. The number of benzene rings is 1. The number of rotatable bonds is 3. The molecule has 4 heteroatoms. The number of aromatic nitrogens is 2. The molecule has 2 aromatic rings. The number of aryl methyl sites for hydroxylation is 1. The smallest absolute Gasteiger partial charge is 0.240 e. The van der Waals surface area contributed by atoms with Crippen molar-refractivity contribution >= 4 is 10.9 Å². The number of fused-ring (bicyclic) bond motifs is 1. The van der Waals surface area contributed by atoms with E-state index in [4.69, 9.17) is 10.5 Å². The molecule has 1 aromatic heterocycles. The highest BCUT2D eigenvalue weighted by Gasteiger charge is 2.06. The van der Waals surface area contributed by atoms with Gasteiger partial charge in [-0.05, 0) is 18.6 Å². The van der Waals surface area contributed by atoms with E-state index in [-0.39, 0.29) is 0 Å². The zero-order valence-electron chi connectivity index (χ0n) is 8.08. The van der Waals surface area contributed by atoms with E-state index < -0.39 is 0 Å². The highest BCUT2D eigenvalue weighted by atomic mass is 16.5. The van der Waals surface area contributed by atoms with E-state index in [1.165, 1.54) is 0 Å². The number of ether oxygens (including phenoxy) is 1. The fourth-order valence-corrected chi connectivity index (χ4v) is 1.43. The molecule has 0 saturated carbocycles. The zero-order valence-corrected chi connectivity index (χ0v) is 8.08. The third-order valence-electron chi connectivity index (χ3n) is 2.13. The largest absolute Gasteiger partial charge is 0.475 e. The molecule has 14 heavy (non-hydrogen) atoms. The van der Waals surface area contributed by atoms with Gasteiger partial charge >= 0.3 is 0 Å². The molecule has 74 valence electrons. The summed E-state index contributed by atoms with van der Waals surface area (Å²) in [7, 11) is 0. The predicted molar refractivity (Wildman–Crippen MR) is 55.4 cm³/mol. The maximum Gasteiger partial charge on any atom is 0.240 e. The molecule has 0 aliphatic rings. The first-order valence-corrected chi connectivity index (χ1v) is 4.59. The number of nitrogens with one attached hydrogen (secondary N) is 1. The van der Waals surface area contributed by atoms with Crippen LogP contribution in [0.4, 0.5) is 0 Å². The fourth-order valence-electron chi connectivity index (χ4n) is 1.43. The maximum absolute atomic E-state index is 5.40. The lowest BCUT2D eigenvalue weighted by atomic mass is 10.2. The standard InChI is InChI=1S/C10H13N3O/c1-7-3-2-4-8-9(7)12-13-10(8)14-6-5-11/h2-4H,5-6,11H2,1H3,(H,12,13). The van der Waals surface area contributed by atoms with Gasteiger partial charge in [-0.2, -0.15) is 0 Å². The van der Waals surface area contributed by atoms with Crippen molar-refractivity contribution in [1.82, 2.24) is 10.2 Å². The summed E-state index contributed by atoms with van der Waals surface area (Å²) in [6.45, 7) is 3.03. The molecule has 4 nitrogen and oxygen atoms in total. The number of aromatic amines is 1. The SMILES string of the molecule is Cc1cccc2c(OCCN)n[nH]c12. The van der Waals surface area contributed by atoms with Gasteiger partial charge in [0.05, 0.1) is 10.9 Å². The molecule has 0 bridgehead atoms. The molecule has 1 aromatic carbocycles. The number of nitrogens with two attached hydrogens (primary N) is 1. The van der Waals surface area contributed by atoms with E-state index in [1.807, 2.05) is 25.1 Å². The first-order chi connectivity index (χ1) is 6.83. The van der Waals surface area contributed by atoms with E-state index in [0.717, 1.165) is 16.5 Å². The molecule has 0 aliphatic heterocycles. The van der Waals surface area contributed by atoms with Crippen LogP contribution in [0.5, 0.6) is 5.88 Å². The number of nitrogens with zero attached hydrogens (tertiary/aromatic N) is 1. The molecule has 0 radical (unpaired) electrons. The van der Waals surface area contributed by atoms with E-state index in [0.29, 0.717) is 19.0 Å². The summed E-state index contributed by atoms with van der Waals surface area (Å²) in [5.41, 5.74) is 7.55. The van der Waals surface area contributed by atoms with Crippen LogP contribution in [-0.2, 0) is 0 Å². The number of para-hydroxylation sites is 1. The Morgan fingerprint density at radius 1 is 1.50 bits per heavy atom. The van der Waals surface area contributed by atoms with Crippen LogP contribution in [0.15, 0.2) is 18.2 Å². The molecule has 0 saturated heterocycles. The van der Waals surface area contributed by atoms with E-state index in [2.05, 4.69) is 10.2 Å². The van der Waals surface area contributed by atoms with Crippen LogP contribution < -0.4 is 10.5 Å². The zero-order chi connectivity index (χ0) is 9.97. The van der Waals surface area contributed by atoms with Crippen molar-refractivity contribution in [2.24, 2.45) is 5.73 Å². The Morgan fingerprint density at radius 3 is 3.14 bits per heavy atom. The van der Waals surface area contributed by atoms with Gasteiger partial charge in [-0.3, -0.25) is 5.10 Å². The summed E-state index contributed by atoms with van der Waals surface area (Å²) in [5, 5.41) is 8.05. The van der Waals surface area contributed by atoms with Gasteiger partial charge in [-0.15, -0.1) is 5.10 Å². The van der Waals surface area contributed by atoms with Crippen LogP contribution in [0, 0.1) is 6.92 Å². The summed E-state index contributed by atoms with van der Waals surface area (Å²) >= 11 is 0. The average Bonchev–Trinajstić information content (AvgIpc) is 2.60. The molecule has 0 amide bonds. The maximum atomic E-state index is 5.40. The number of hydrogen-bond donors (Lipinski definition) is 2. The molecule has 2 rings (SSSR count). The van der Waals surface area contributed by atoms with Gasteiger partial charge in [0, 0.05) is 6.54 Å². The van der Waals surface area contributed by atoms with Crippen molar-refractivity contribution in [1.29, 1.82) is 0 Å². The summed E-state index contributed by atoms with van der Waals surface area (Å²) in [4.78, 5) is 0. The Morgan fingerprint density at radius 2 is 2.36 bits per heavy atom. The van der Waals surface area contributed by atoms with Gasteiger partial charge in [0.15, 0.2) is 0 Å². The molecular formula is C10H13N3O. The molecule has 0 fully saturated rings. The molecule has 0 atom stereocenters. The second kappa shape index (κ2) is 3.67. The molecule has 0 aliphatic carbocycles. The first kappa shape index (κ1) is 9.02. The average molecular weight is 191 g/mol. The molecular weight excluding hydrogens is 178 g/mol. The van der Waals surface area contributed by atoms with Gasteiger partial charge in [0.2, 0.25) is 5.88 Å². The summed E-state index contributed by atoms with van der Waals surface area (Å²) < 4.78 is 5.40. The highest BCUT2D eigenvalue weighted by molar-refractivity contribution is 5.86. The van der Waals surface area contributed by atoms with E-state index in [1.54, 1.807) is 0 Å². The van der Waals surface area contributed by atoms with Gasteiger partial charge in [-0.1, -0.05) is 12.1 Å². The van der Waals surface area contributed by atoms with Crippen LogP contribution in [0.1, 0.15) is 5.56 Å². The Labute approximate surface area is 82.1 Å². The predicted octanol–water partition coefficient (Wildman–Crippen LogP) is 1.21. The minimum atomic E-state index is 0.494. The highest BCUT2D eigenvalue weighted by Crippen LogP contribution is 2.24. The topological polar surface area (TPSA) is 63.9 Å². The quantitative estimate of drug-likeness (QED) is 0.766. The van der Waals surface area contributed by atoms with Gasteiger partial charge in [-0.25, -0.2) is 0 Å². The van der Waals surface area contributed by atoms with E-state index >= 15 is 0 Å². The van der Waals surface area contributed by atoms with Crippen molar-refractivity contribution in [2.75, 3.05) is 13.2 Å². The van der Waals surface area contributed by atoms with Gasteiger partial charge in [0.25, 0.3) is 0 Å². The third kappa shape index (κ3) is 1.44. The normalized spacial score (nSPS) is 10.7. The first-order valence-electron chi connectivity index (χ1n) is 4.59. The van der Waals surface area contributed by atoms with Crippen molar-refractivity contribution in [3.8, 4) is 5.88 Å². The Kier molecular flexibility index (Phi) is 2.37. The number of hydrogen-bond acceptors (Lipinski definition) is 3. The molecule has 1 heterocycles. The van der Waals surface area contributed by atoms with Crippen molar-refractivity contribution in [2.45, 2.75) is 6.92 Å².